The van der Waals surface area contributed by atoms with E-state index in [1.165, 1.54) is 6.07 Å². The molecule has 1 aliphatic heterocycles. The van der Waals surface area contributed by atoms with E-state index < -0.39 is 22.0 Å². The molecule has 148 valence electrons. The number of benzene rings is 1. The quantitative estimate of drug-likeness (QED) is 0.737. The lowest BCUT2D eigenvalue weighted by molar-refractivity contribution is -0.139. The minimum Gasteiger partial charge on any atom is -0.480 e. The molecule has 1 aromatic carbocycles. The van der Waals surface area contributed by atoms with Gasteiger partial charge in [0.25, 0.3) is 0 Å². The van der Waals surface area contributed by atoms with Gasteiger partial charge in [-0.3, -0.25) is 9.59 Å². The average Bonchev–Trinajstić information content (AvgIpc) is 2.94. The molecule has 2 N–H and O–H groups in total. The van der Waals surface area contributed by atoms with Gasteiger partial charge in [0.05, 0.1) is 4.90 Å². The van der Waals surface area contributed by atoms with E-state index in [0.29, 0.717) is 13.0 Å². The number of carbonyl (C=O) groups excluding carboxylic acids is 1. The Labute approximate surface area is 159 Å². The predicted molar refractivity (Wildman–Crippen MR) is 101 cm³/mol. The number of carboxylic acids is 1. The maximum Gasteiger partial charge on any atom is 0.321 e. The summed E-state index contributed by atoms with van der Waals surface area (Å²) >= 11 is 0. The maximum atomic E-state index is 12.7. The first-order valence-corrected chi connectivity index (χ1v) is 10.9. The average molecular weight is 394 g/mol. The van der Waals surface area contributed by atoms with Crippen molar-refractivity contribution in [3.05, 3.63) is 23.8 Å². The first-order chi connectivity index (χ1) is 12.7. The Bertz CT molecular complexity index is 846. The lowest BCUT2D eigenvalue weighted by Crippen LogP contribution is -2.41. The van der Waals surface area contributed by atoms with Crippen LogP contribution in [0.2, 0.25) is 0 Å². The third-order valence-corrected chi connectivity index (χ3v) is 6.75. The highest BCUT2D eigenvalue weighted by Gasteiger charge is 2.34. The molecule has 3 rings (SSSR count). The van der Waals surface area contributed by atoms with E-state index in [-0.39, 0.29) is 29.1 Å². The van der Waals surface area contributed by atoms with Crippen molar-refractivity contribution in [2.75, 3.05) is 11.4 Å². The number of sulfonamides is 1. The molecule has 1 atom stereocenters. The molecule has 7 nitrogen and oxygen atoms in total. The van der Waals surface area contributed by atoms with Gasteiger partial charge in [0.15, 0.2) is 0 Å². The molecule has 1 aromatic rings. The number of nitrogens with one attached hydrogen (secondary N) is 1. The van der Waals surface area contributed by atoms with E-state index in [2.05, 4.69) is 4.72 Å². The number of hydrogen-bond donors (Lipinski definition) is 2. The summed E-state index contributed by atoms with van der Waals surface area (Å²) in [7, 11) is -3.95. The third kappa shape index (κ3) is 4.16. The molecule has 1 saturated carbocycles. The van der Waals surface area contributed by atoms with E-state index >= 15 is 0 Å². The third-order valence-electron chi connectivity index (χ3n) is 5.28. The van der Waals surface area contributed by atoms with Gasteiger partial charge in [0, 0.05) is 18.2 Å². The molecule has 27 heavy (non-hydrogen) atoms. The predicted octanol–water partition coefficient (Wildman–Crippen LogP) is 2.15. The molecule has 1 aliphatic carbocycles. The molecule has 0 radical (unpaired) electrons. The Balaban J connectivity index is 1.79. The van der Waals surface area contributed by atoms with Gasteiger partial charge in [-0.15, -0.1) is 0 Å². The summed E-state index contributed by atoms with van der Waals surface area (Å²) in [6, 6.07) is 3.49. The molecule has 8 heteroatoms. The van der Waals surface area contributed by atoms with Crippen molar-refractivity contribution in [1.82, 2.24) is 4.72 Å². The standard InChI is InChI=1S/C19H26N2O5S/c1-12(2)10-16(19(23)24)20-27(25,26)15-6-7-17-14(11-15)8-9-21(17)18(22)13-4-3-5-13/h6-7,11-13,16,20H,3-5,8-10H2,1-2H3,(H,23,24)/t16-/m1/s1. The van der Waals surface area contributed by atoms with Crippen LogP contribution in [0, 0.1) is 11.8 Å². The van der Waals surface area contributed by atoms with Gasteiger partial charge in [-0.05, 0) is 55.4 Å². The summed E-state index contributed by atoms with van der Waals surface area (Å²) in [4.78, 5) is 25.7. The Morgan fingerprint density at radius 3 is 2.56 bits per heavy atom. The largest absolute Gasteiger partial charge is 0.480 e. The van der Waals surface area contributed by atoms with Gasteiger partial charge in [-0.1, -0.05) is 20.3 Å². The van der Waals surface area contributed by atoms with Crippen molar-refractivity contribution in [3.63, 3.8) is 0 Å². The highest BCUT2D eigenvalue weighted by Crippen LogP contribution is 2.35. The van der Waals surface area contributed by atoms with Crippen LogP contribution in [-0.4, -0.2) is 38.0 Å². The van der Waals surface area contributed by atoms with E-state index in [9.17, 15) is 23.1 Å². The number of carboxylic acid groups (broad SMARTS) is 1. The van der Waals surface area contributed by atoms with E-state index in [0.717, 1.165) is 30.5 Å². The van der Waals surface area contributed by atoms with Gasteiger partial charge < -0.3 is 10.0 Å². The second-order valence-corrected chi connectivity index (χ2v) is 9.51. The van der Waals surface area contributed by atoms with Crippen molar-refractivity contribution in [2.24, 2.45) is 11.8 Å². The first-order valence-electron chi connectivity index (χ1n) is 9.38. The van der Waals surface area contributed by atoms with Crippen LogP contribution in [0.15, 0.2) is 23.1 Å². The minimum atomic E-state index is -3.95. The molecule has 1 amide bonds. The number of hydrogen-bond acceptors (Lipinski definition) is 4. The fraction of sp³-hybridized carbons (Fsp3) is 0.579. The number of anilines is 1. The Morgan fingerprint density at radius 2 is 2.00 bits per heavy atom. The molecule has 0 bridgehead atoms. The van der Waals surface area contributed by atoms with Gasteiger partial charge in [0.1, 0.15) is 6.04 Å². The van der Waals surface area contributed by atoms with Gasteiger partial charge >= 0.3 is 5.97 Å². The molecule has 0 saturated heterocycles. The molecule has 1 fully saturated rings. The lowest BCUT2D eigenvalue weighted by Gasteiger charge is -2.29. The second-order valence-electron chi connectivity index (χ2n) is 7.80. The number of aliphatic carboxylic acids is 1. The van der Waals surface area contributed by atoms with Crippen molar-refractivity contribution in [2.45, 2.75) is 56.9 Å². The van der Waals surface area contributed by atoms with E-state index in [1.54, 1.807) is 17.0 Å². The molecule has 1 heterocycles. The number of carbonyl (C=O) groups is 2. The van der Waals surface area contributed by atoms with Crippen molar-refractivity contribution < 1.29 is 23.1 Å². The van der Waals surface area contributed by atoms with Crippen molar-refractivity contribution >= 4 is 27.6 Å². The molecular formula is C19H26N2O5S. The van der Waals surface area contributed by atoms with Crippen LogP contribution >= 0.6 is 0 Å². The summed E-state index contributed by atoms with van der Waals surface area (Å²) in [5, 5.41) is 9.29. The second kappa shape index (κ2) is 7.59. The van der Waals surface area contributed by atoms with Crippen LogP contribution in [0.1, 0.15) is 45.1 Å². The van der Waals surface area contributed by atoms with Crippen LogP contribution in [0.3, 0.4) is 0 Å². The fourth-order valence-electron chi connectivity index (χ4n) is 3.58. The SMILES string of the molecule is CC(C)C[C@@H](NS(=O)(=O)c1ccc2c(c1)CCN2C(=O)C1CCC1)C(=O)O. The summed E-state index contributed by atoms with van der Waals surface area (Å²) in [5.41, 5.74) is 1.57. The van der Waals surface area contributed by atoms with E-state index in [1.807, 2.05) is 13.8 Å². The van der Waals surface area contributed by atoms with Crippen molar-refractivity contribution in [1.29, 1.82) is 0 Å². The summed E-state index contributed by atoms with van der Waals surface area (Å²) < 4.78 is 27.6. The summed E-state index contributed by atoms with van der Waals surface area (Å²) in [6.45, 7) is 4.24. The van der Waals surface area contributed by atoms with Crippen LogP contribution in [0.4, 0.5) is 5.69 Å². The van der Waals surface area contributed by atoms with Crippen LogP contribution in [0.25, 0.3) is 0 Å². The Hall–Kier alpha value is -1.93. The number of fused-ring (bicyclic) bond motifs is 1. The number of rotatable bonds is 7. The highest BCUT2D eigenvalue weighted by molar-refractivity contribution is 7.89. The van der Waals surface area contributed by atoms with Gasteiger partial charge in [0.2, 0.25) is 15.9 Å². The molecular weight excluding hydrogens is 368 g/mol. The first kappa shape index (κ1) is 19.8. The zero-order valence-electron chi connectivity index (χ0n) is 15.6. The highest BCUT2D eigenvalue weighted by atomic mass is 32.2. The number of amides is 1. The smallest absolute Gasteiger partial charge is 0.321 e. The Morgan fingerprint density at radius 1 is 1.30 bits per heavy atom. The zero-order chi connectivity index (χ0) is 19.8. The summed E-state index contributed by atoms with van der Waals surface area (Å²) in [6.07, 6.45) is 3.75. The monoisotopic (exact) mass is 394 g/mol. The van der Waals surface area contributed by atoms with Crippen LogP contribution in [0.5, 0.6) is 0 Å². The topological polar surface area (TPSA) is 104 Å². The lowest BCUT2D eigenvalue weighted by atomic mass is 9.84. The van der Waals surface area contributed by atoms with Crippen LogP contribution < -0.4 is 9.62 Å². The molecule has 2 aliphatic rings. The molecule has 0 unspecified atom stereocenters. The zero-order valence-corrected chi connectivity index (χ0v) is 16.5. The molecule has 0 spiro atoms. The van der Waals surface area contributed by atoms with Gasteiger partial charge in [-0.2, -0.15) is 4.72 Å². The maximum absolute atomic E-state index is 12.7. The van der Waals surface area contributed by atoms with Crippen LogP contribution in [-0.2, 0) is 26.0 Å². The minimum absolute atomic E-state index is 0.0363. The van der Waals surface area contributed by atoms with Gasteiger partial charge in [-0.25, -0.2) is 8.42 Å². The number of nitrogens with zero attached hydrogens (tertiary/aromatic N) is 1. The normalized spacial score (nSPS) is 18.3. The Kier molecular flexibility index (Phi) is 5.58. The summed E-state index contributed by atoms with van der Waals surface area (Å²) in [5.74, 6) is -0.935. The van der Waals surface area contributed by atoms with E-state index in [4.69, 9.17) is 0 Å². The fourth-order valence-corrected chi connectivity index (χ4v) is 4.83. The molecule has 0 aromatic heterocycles. The van der Waals surface area contributed by atoms with Crippen molar-refractivity contribution in [3.8, 4) is 0 Å².